The fourth-order valence-electron chi connectivity index (χ4n) is 1.33. The van der Waals surface area contributed by atoms with E-state index in [1.54, 1.807) is 12.1 Å². The summed E-state index contributed by atoms with van der Waals surface area (Å²) in [6.45, 7) is 2.00. The van der Waals surface area contributed by atoms with Gasteiger partial charge in [-0.3, -0.25) is 0 Å². The van der Waals surface area contributed by atoms with E-state index < -0.39 is 0 Å². The van der Waals surface area contributed by atoms with Gasteiger partial charge in [0.25, 0.3) is 0 Å². The number of nitrogens with two attached hydrogens (primary N) is 1. The van der Waals surface area contributed by atoms with Gasteiger partial charge in [0, 0.05) is 16.8 Å². The number of hydrogen-bond acceptors (Lipinski definition) is 3. The maximum atomic E-state index is 5.85. The molecule has 1 aromatic carbocycles. The quantitative estimate of drug-likeness (QED) is 0.782. The van der Waals surface area contributed by atoms with Gasteiger partial charge in [-0.15, -0.1) is 0 Å². The van der Waals surface area contributed by atoms with E-state index in [4.69, 9.17) is 17.3 Å². The number of aryl methyl sites for hydroxylation is 1. The minimum atomic E-state index is 0.495. The van der Waals surface area contributed by atoms with Crippen LogP contribution in [0.2, 0.25) is 5.02 Å². The molecule has 2 N–H and O–H groups in total. The Kier molecular flexibility index (Phi) is 2.25. The number of benzene rings is 1. The van der Waals surface area contributed by atoms with Crippen LogP contribution in [0.4, 0.5) is 5.82 Å². The molecule has 1 aromatic heterocycles. The Morgan fingerprint density at radius 2 is 2.14 bits per heavy atom. The second-order valence-corrected chi connectivity index (χ2v) is 3.48. The van der Waals surface area contributed by atoms with E-state index >= 15 is 0 Å². The van der Waals surface area contributed by atoms with E-state index in [0.29, 0.717) is 10.8 Å². The molecule has 4 heteroatoms. The largest absolute Gasteiger partial charge is 0.383 e. The summed E-state index contributed by atoms with van der Waals surface area (Å²) in [5, 5.41) is 1.46. The van der Waals surface area contributed by atoms with Crippen LogP contribution in [0.25, 0.3) is 10.9 Å². The third kappa shape index (κ3) is 1.51. The molecule has 0 bridgehead atoms. The first kappa shape index (κ1) is 9.21. The predicted molar refractivity (Wildman–Crippen MR) is 58.3 cm³/mol. The highest BCUT2D eigenvalue weighted by Gasteiger charge is 2.03. The number of nitrogen functional groups attached to an aromatic ring is 1. The van der Waals surface area contributed by atoms with Crippen molar-refractivity contribution < 1.29 is 0 Å². The molecule has 0 aliphatic heterocycles. The van der Waals surface area contributed by atoms with Crippen LogP contribution in [0.5, 0.6) is 0 Å². The van der Waals surface area contributed by atoms with Crippen molar-refractivity contribution in [3.8, 4) is 0 Å². The smallest absolute Gasteiger partial charge is 0.135 e. The van der Waals surface area contributed by atoms with Crippen LogP contribution in [0.15, 0.2) is 18.2 Å². The summed E-state index contributed by atoms with van der Waals surface area (Å²) in [5.74, 6) is 1.26. The van der Waals surface area contributed by atoms with Gasteiger partial charge >= 0.3 is 0 Å². The van der Waals surface area contributed by atoms with E-state index in [2.05, 4.69) is 9.97 Å². The average Bonchev–Trinajstić information content (AvgIpc) is 2.19. The van der Waals surface area contributed by atoms with Crippen LogP contribution in [0, 0.1) is 0 Å². The summed E-state index contributed by atoms with van der Waals surface area (Å²) >= 11 is 5.85. The lowest BCUT2D eigenvalue weighted by Gasteiger charge is -2.03. The molecular weight excluding hydrogens is 198 g/mol. The lowest BCUT2D eigenvalue weighted by molar-refractivity contribution is 0.966. The summed E-state index contributed by atoms with van der Waals surface area (Å²) in [5.41, 5.74) is 6.64. The first-order valence-electron chi connectivity index (χ1n) is 4.42. The van der Waals surface area contributed by atoms with Crippen molar-refractivity contribution in [3.05, 3.63) is 29.0 Å². The summed E-state index contributed by atoms with van der Waals surface area (Å²) in [7, 11) is 0. The first-order chi connectivity index (χ1) is 6.70. The Bertz CT molecular complexity index is 482. The summed E-state index contributed by atoms with van der Waals surface area (Å²) in [4.78, 5) is 8.51. The fourth-order valence-corrected chi connectivity index (χ4v) is 1.50. The average molecular weight is 208 g/mol. The lowest BCUT2D eigenvalue weighted by Crippen LogP contribution is -1.99. The normalized spacial score (nSPS) is 10.7. The van der Waals surface area contributed by atoms with E-state index in [1.165, 1.54) is 0 Å². The zero-order valence-electron chi connectivity index (χ0n) is 7.79. The van der Waals surface area contributed by atoms with Crippen LogP contribution in [0.3, 0.4) is 0 Å². The number of nitrogens with zero attached hydrogens (tertiary/aromatic N) is 2. The molecule has 0 saturated carbocycles. The topological polar surface area (TPSA) is 51.8 Å². The van der Waals surface area contributed by atoms with Gasteiger partial charge in [0.05, 0.1) is 5.52 Å². The van der Waals surface area contributed by atoms with Crippen LogP contribution >= 0.6 is 11.6 Å². The minimum Gasteiger partial charge on any atom is -0.383 e. The standard InChI is InChI=1S/C10H10ClN3/c1-2-9-13-8-4-3-6(11)5-7(8)10(12)14-9/h3-5H,2H2,1H3,(H2,12,13,14). The fraction of sp³-hybridized carbons (Fsp3) is 0.200. The van der Waals surface area contributed by atoms with Crippen LogP contribution in [-0.2, 0) is 6.42 Å². The van der Waals surface area contributed by atoms with Crippen molar-refractivity contribution in [2.45, 2.75) is 13.3 Å². The highest BCUT2D eigenvalue weighted by atomic mass is 35.5. The molecule has 0 aliphatic rings. The van der Waals surface area contributed by atoms with Gasteiger partial charge in [0.1, 0.15) is 11.6 Å². The third-order valence-electron chi connectivity index (χ3n) is 2.05. The van der Waals surface area contributed by atoms with Gasteiger partial charge in [-0.1, -0.05) is 18.5 Å². The van der Waals surface area contributed by atoms with Crippen LogP contribution in [-0.4, -0.2) is 9.97 Å². The SMILES string of the molecule is CCc1nc(N)c2cc(Cl)ccc2n1. The minimum absolute atomic E-state index is 0.495. The molecule has 0 fully saturated rings. The first-order valence-corrected chi connectivity index (χ1v) is 4.80. The van der Waals surface area contributed by atoms with Crippen LogP contribution in [0.1, 0.15) is 12.7 Å². The van der Waals surface area contributed by atoms with Gasteiger partial charge in [-0.05, 0) is 18.2 Å². The highest BCUT2D eigenvalue weighted by Crippen LogP contribution is 2.21. The Hall–Kier alpha value is -1.35. The zero-order chi connectivity index (χ0) is 10.1. The molecule has 1 heterocycles. The van der Waals surface area contributed by atoms with Gasteiger partial charge in [0.15, 0.2) is 0 Å². The van der Waals surface area contributed by atoms with E-state index in [-0.39, 0.29) is 0 Å². The van der Waals surface area contributed by atoms with E-state index in [1.807, 2.05) is 13.0 Å². The second kappa shape index (κ2) is 3.42. The molecule has 2 rings (SSSR count). The Morgan fingerprint density at radius 1 is 1.36 bits per heavy atom. The molecule has 3 nitrogen and oxygen atoms in total. The van der Waals surface area contributed by atoms with Crippen molar-refractivity contribution >= 4 is 28.3 Å². The Balaban J connectivity index is 2.76. The molecular formula is C10H10ClN3. The van der Waals surface area contributed by atoms with E-state index in [9.17, 15) is 0 Å². The molecule has 72 valence electrons. The monoisotopic (exact) mass is 207 g/mol. The molecule has 0 spiro atoms. The zero-order valence-corrected chi connectivity index (χ0v) is 8.54. The molecule has 0 saturated heterocycles. The Morgan fingerprint density at radius 3 is 2.86 bits per heavy atom. The van der Waals surface area contributed by atoms with Crippen molar-refractivity contribution in [2.75, 3.05) is 5.73 Å². The maximum absolute atomic E-state index is 5.85. The van der Waals surface area contributed by atoms with Crippen molar-refractivity contribution in [1.82, 2.24) is 9.97 Å². The summed E-state index contributed by atoms with van der Waals surface area (Å²) in [6.07, 6.45) is 0.781. The molecule has 0 amide bonds. The number of rotatable bonds is 1. The maximum Gasteiger partial charge on any atom is 0.135 e. The van der Waals surface area contributed by atoms with Gasteiger partial charge in [-0.2, -0.15) is 0 Å². The molecule has 0 unspecified atom stereocenters. The number of aromatic nitrogens is 2. The van der Waals surface area contributed by atoms with Gasteiger partial charge < -0.3 is 5.73 Å². The third-order valence-corrected chi connectivity index (χ3v) is 2.28. The second-order valence-electron chi connectivity index (χ2n) is 3.04. The predicted octanol–water partition coefficient (Wildman–Crippen LogP) is 2.43. The molecule has 14 heavy (non-hydrogen) atoms. The van der Waals surface area contributed by atoms with Crippen molar-refractivity contribution in [3.63, 3.8) is 0 Å². The molecule has 0 aliphatic carbocycles. The molecule has 2 aromatic rings. The number of hydrogen-bond donors (Lipinski definition) is 1. The van der Waals surface area contributed by atoms with Gasteiger partial charge in [0.2, 0.25) is 0 Å². The molecule has 0 atom stereocenters. The number of fused-ring (bicyclic) bond motifs is 1. The molecule has 0 radical (unpaired) electrons. The van der Waals surface area contributed by atoms with Crippen LogP contribution < -0.4 is 5.73 Å². The number of anilines is 1. The Labute approximate surface area is 86.9 Å². The van der Waals surface area contributed by atoms with Crippen molar-refractivity contribution in [1.29, 1.82) is 0 Å². The summed E-state index contributed by atoms with van der Waals surface area (Å²) < 4.78 is 0. The lowest BCUT2D eigenvalue weighted by atomic mass is 10.2. The number of halogens is 1. The highest BCUT2D eigenvalue weighted by molar-refractivity contribution is 6.31. The van der Waals surface area contributed by atoms with Gasteiger partial charge in [-0.25, -0.2) is 9.97 Å². The summed E-state index contributed by atoms with van der Waals surface area (Å²) in [6, 6.07) is 5.44. The van der Waals surface area contributed by atoms with Crippen molar-refractivity contribution in [2.24, 2.45) is 0 Å². The van der Waals surface area contributed by atoms with E-state index in [0.717, 1.165) is 23.1 Å².